The molecule has 1 heterocycles. The molecule has 0 spiro atoms. The van der Waals surface area contributed by atoms with Crippen molar-refractivity contribution in [2.24, 2.45) is 0 Å². The molecule has 0 radical (unpaired) electrons. The normalized spacial score (nSPS) is 12.3. The Bertz CT molecular complexity index is 485. The number of imidazole rings is 1. The fourth-order valence-electron chi connectivity index (χ4n) is 1.49. The van der Waals surface area contributed by atoms with E-state index in [-0.39, 0.29) is 0 Å². The van der Waals surface area contributed by atoms with Gasteiger partial charge in [0.25, 0.3) is 0 Å². The number of hydrogen-bond donors (Lipinski definition) is 0. The van der Waals surface area contributed by atoms with Crippen molar-refractivity contribution in [2.75, 3.05) is 0 Å². The molecule has 0 aliphatic heterocycles. The Morgan fingerprint density at radius 3 is 2.73 bits per heavy atom. The highest BCUT2D eigenvalue weighted by Gasteiger charge is 2.28. The minimum Gasteiger partial charge on any atom is -0.321 e. The van der Waals surface area contributed by atoms with Crippen molar-refractivity contribution in [3.8, 4) is 0 Å². The van der Waals surface area contributed by atoms with E-state index < -0.39 is 12.7 Å². The molecule has 0 unspecified atom stereocenters. The molecule has 0 N–H and O–H groups in total. The molecular formula is C10H9F3N2. The van der Waals surface area contributed by atoms with E-state index in [4.69, 9.17) is 0 Å². The van der Waals surface area contributed by atoms with Gasteiger partial charge in [-0.1, -0.05) is 6.07 Å². The molecule has 0 saturated heterocycles. The molecule has 1 aromatic heterocycles. The first-order valence-corrected chi connectivity index (χ1v) is 4.44. The number of fused-ring (bicyclic) bond motifs is 1. The van der Waals surface area contributed by atoms with Gasteiger partial charge in [-0.2, -0.15) is 13.2 Å². The molecule has 2 rings (SSSR count). The Morgan fingerprint density at radius 2 is 2.07 bits per heavy atom. The van der Waals surface area contributed by atoms with Crippen LogP contribution in [0.2, 0.25) is 0 Å². The summed E-state index contributed by atoms with van der Waals surface area (Å²) in [6, 6.07) is 5.25. The summed E-state index contributed by atoms with van der Waals surface area (Å²) < 4.78 is 37.7. The van der Waals surface area contributed by atoms with Crippen LogP contribution in [0, 0.1) is 6.92 Å². The molecule has 0 amide bonds. The number of aromatic nitrogens is 2. The van der Waals surface area contributed by atoms with Crippen molar-refractivity contribution in [1.29, 1.82) is 0 Å². The Balaban J connectivity index is 2.48. The van der Waals surface area contributed by atoms with Crippen LogP contribution in [-0.4, -0.2) is 15.7 Å². The summed E-state index contributed by atoms with van der Waals surface area (Å²) in [6.45, 7) is 0.845. The number of aryl methyl sites for hydroxylation is 1. The Labute approximate surface area is 84.3 Å². The molecule has 2 aromatic rings. The average molecular weight is 214 g/mol. The van der Waals surface area contributed by atoms with E-state index in [1.54, 1.807) is 12.1 Å². The van der Waals surface area contributed by atoms with Crippen molar-refractivity contribution < 1.29 is 13.2 Å². The van der Waals surface area contributed by atoms with Gasteiger partial charge < -0.3 is 4.57 Å². The first kappa shape index (κ1) is 10.0. The molecule has 0 aliphatic rings. The van der Waals surface area contributed by atoms with Gasteiger partial charge in [-0.3, -0.25) is 0 Å². The largest absolute Gasteiger partial charge is 0.406 e. The van der Waals surface area contributed by atoms with E-state index in [1.807, 2.05) is 13.0 Å². The maximum atomic E-state index is 12.2. The van der Waals surface area contributed by atoms with Crippen LogP contribution < -0.4 is 0 Å². The maximum Gasteiger partial charge on any atom is 0.406 e. The SMILES string of the molecule is Cc1ccc2ncn(CC(F)(F)F)c2c1. The summed E-state index contributed by atoms with van der Waals surface area (Å²) >= 11 is 0. The fourth-order valence-corrected chi connectivity index (χ4v) is 1.49. The molecule has 0 fully saturated rings. The van der Waals surface area contributed by atoms with Crippen LogP contribution in [0.3, 0.4) is 0 Å². The lowest BCUT2D eigenvalue weighted by molar-refractivity contribution is -0.139. The topological polar surface area (TPSA) is 17.8 Å². The van der Waals surface area contributed by atoms with Crippen LogP contribution in [0.1, 0.15) is 5.56 Å². The highest BCUT2D eigenvalue weighted by atomic mass is 19.4. The molecule has 0 atom stereocenters. The van der Waals surface area contributed by atoms with Crippen LogP contribution in [0.25, 0.3) is 11.0 Å². The van der Waals surface area contributed by atoms with Gasteiger partial charge in [0.1, 0.15) is 6.54 Å². The first-order chi connectivity index (χ1) is 6.96. The maximum absolute atomic E-state index is 12.2. The first-order valence-electron chi connectivity index (χ1n) is 4.44. The number of hydrogen-bond acceptors (Lipinski definition) is 1. The molecule has 0 saturated carbocycles. The zero-order chi connectivity index (χ0) is 11.1. The second-order valence-electron chi connectivity index (χ2n) is 3.48. The molecule has 15 heavy (non-hydrogen) atoms. The predicted octanol–water partition coefficient (Wildman–Crippen LogP) is 2.91. The van der Waals surface area contributed by atoms with Gasteiger partial charge in [-0.05, 0) is 24.6 Å². The zero-order valence-electron chi connectivity index (χ0n) is 8.04. The van der Waals surface area contributed by atoms with Gasteiger partial charge >= 0.3 is 6.18 Å². The van der Waals surface area contributed by atoms with Crippen LogP contribution in [-0.2, 0) is 6.54 Å². The third kappa shape index (κ3) is 2.11. The van der Waals surface area contributed by atoms with E-state index in [0.29, 0.717) is 11.0 Å². The highest BCUT2D eigenvalue weighted by Crippen LogP contribution is 2.21. The molecular weight excluding hydrogens is 205 g/mol. The lowest BCUT2D eigenvalue weighted by Gasteiger charge is -2.08. The van der Waals surface area contributed by atoms with Crippen molar-refractivity contribution in [3.05, 3.63) is 30.1 Å². The Morgan fingerprint density at radius 1 is 1.33 bits per heavy atom. The van der Waals surface area contributed by atoms with Crippen LogP contribution >= 0.6 is 0 Å². The summed E-state index contributed by atoms with van der Waals surface area (Å²) in [5.74, 6) is 0. The zero-order valence-corrected chi connectivity index (χ0v) is 8.04. The number of benzene rings is 1. The molecule has 0 aliphatic carbocycles. The van der Waals surface area contributed by atoms with Crippen LogP contribution in [0.5, 0.6) is 0 Å². The summed E-state index contributed by atoms with van der Waals surface area (Å²) in [5.41, 5.74) is 2.03. The molecule has 2 nitrogen and oxygen atoms in total. The lowest BCUT2D eigenvalue weighted by Crippen LogP contribution is -2.16. The lowest BCUT2D eigenvalue weighted by atomic mass is 10.2. The van der Waals surface area contributed by atoms with Gasteiger partial charge in [0.15, 0.2) is 0 Å². The van der Waals surface area contributed by atoms with Gasteiger partial charge in [0.2, 0.25) is 0 Å². The van der Waals surface area contributed by atoms with Gasteiger partial charge in [-0.25, -0.2) is 4.98 Å². The third-order valence-electron chi connectivity index (χ3n) is 2.13. The summed E-state index contributed by atoms with van der Waals surface area (Å²) in [7, 11) is 0. The van der Waals surface area contributed by atoms with Crippen molar-refractivity contribution in [1.82, 2.24) is 9.55 Å². The predicted molar refractivity (Wildman–Crippen MR) is 50.5 cm³/mol. The van der Waals surface area contributed by atoms with Crippen molar-refractivity contribution in [3.63, 3.8) is 0 Å². The Kier molecular flexibility index (Phi) is 2.17. The Hall–Kier alpha value is -1.52. The smallest absolute Gasteiger partial charge is 0.321 e. The summed E-state index contributed by atoms with van der Waals surface area (Å²) in [4.78, 5) is 3.91. The third-order valence-corrected chi connectivity index (χ3v) is 2.13. The molecule has 1 aromatic carbocycles. The number of alkyl halides is 3. The summed E-state index contributed by atoms with van der Waals surface area (Å²) in [6.07, 6.45) is -2.99. The standard InChI is InChI=1S/C10H9F3N2/c1-7-2-3-8-9(4-7)15(6-14-8)5-10(11,12)13/h2-4,6H,5H2,1H3. The van der Waals surface area contributed by atoms with Crippen LogP contribution in [0.15, 0.2) is 24.5 Å². The van der Waals surface area contributed by atoms with E-state index in [9.17, 15) is 13.2 Å². The monoisotopic (exact) mass is 214 g/mol. The van der Waals surface area contributed by atoms with E-state index in [0.717, 1.165) is 10.1 Å². The highest BCUT2D eigenvalue weighted by molar-refractivity contribution is 5.75. The second kappa shape index (κ2) is 3.25. The van der Waals surface area contributed by atoms with E-state index in [1.165, 1.54) is 6.33 Å². The average Bonchev–Trinajstić information content (AvgIpc) is 2.46. The van der Waals surface area contributed by atoms with Gasteiger partial charge in [0.05, 0.1) is 17.4 Å². The number of rotatable bonds is 1. The van der Waals surface area contributed by atoms with Gasteiger partial charge in [0, 0.05) is 0 Å². The quantitative estimate of drug-likeness (QED) is 0.713. The van der Waals surface area contributed by atoms with Gasteiger partial charge in [-0.15, -0.1) is 0 Å². The van der Waals surface area contributed by atoms with Crippen molar-refractivity contribution in [2.45, 2.75) is 19.6 Å². The molecule has 5 heteroatoms. The minimum atomic E-state index is -4.21. The van der Waals surface area contributed by atoms with E-state index >= 15 is 0 Å². The number of nitrogens with zero attached hydrogens (tertiary/aromatic N) is 2. The molecule has 0 bridgehead atoms. The molecule has 80 valence electrons. The van der Waals surface area contributed by atoms with Crippen molar-refractivity contribution >= 4 is 11.0 Å². The van der Waals surface area contributed by atoms with E-state index in [2.05, 4.69) is 4.98 Å². The van der Waals surface area contributed by atoms with Crippen LogP contribution in [0.4, 0.5) is 13.2 Å². The fraction of sp³-hybridized carbons (Fsp3) is 0.300. The minimum absolute atomic E-state index is 0.521. The second-order valence-corrected chi connectivity index (χ2v) is 3.48. The summed E-state index contributed by atoms with van der Waals surface area (Å²) in [5, 5.41) is 0. The number of halogens is 3.